The number of carbonyl (C=O) groups is 2. The predicted molar refractivity (Wildman–Crippen MR) is 99.4 cm³/mol. The first kappa shape index (κ1) is 18.1. The Morgan fingerprint density at radius 2 is 2.00 bits per heavy atom. The van der Waals surface area contributed by atoms with Crippen molar-refractivity contribution in [1.29, 1.82) is 0 Å². The SMILES string of the molecule is CCn1nc(C)cc1C(=O)N=c1sc2cc(C(=O)OC)ccc2n1CC. The number of fused-ring (bicyclic) bond motifs is 1. The average molecular weight is 372 g/mol. The number of thiazole rings is 1. The first-order valence-electron chi connectivity index (χ1n) is 8.33. The molecule has 0 aliphatic heterocycles. The fourth-order valence-electron chi connectivity index (χ4n) is 2.81. The molecule has 3 aromatic rings. The van der Waals surface area contributed by atoms with Crippen LogP contribution >= 0.6 is 11.3 Å². The van der Waals surface area contributed by atoms with Crippen LogP contribution in [0.2, 0.25) is 0 Å². The summed E-state index contributed by atoms with van der Waals surface area (Å²) in [5.41, 5.74) is 2.66. The van der Waals surface area contributed by atoms with Crippen LogP contribution in [0, 0.1) is 6.92 Å². The normalized spacial score (nSPS) is 11.9. The van der Waals surface area contributed by atoms with Gasteiger partial charge < -0.3 is 9.30 Å². The van der Waals surface area contributed by atoms with E-state index >= 15 is 0 Å². The molecule has 0 bridgehead atoms. The van der Waals surface area contributed by atoms with Gasteiger partial charge >= 0.3 is 5.97 Å². The van der Waals surface area contributed by atoms with Gasteiger partial charge in [-0.15, -0.1) is 0 Å². The molecule has 3 rings (SSSR count). The number of hydrogen-bond donors (Lipinski definition) is 0. The van der Waals surface area contributed by atoms with Crippen molar-refractivity contribution in [3.8, 4) is 0 Å². The van der Waals surface area contributed by atoms with Crippen molar-refractivity contribution in [1.82, 2.24) is 14.3 Å². The third kappa shape index (κ3) is 3.20. The van der Waals surface area contributed by atoms with Crippen molar-refractivity contribution < 1.29 is 14.3 Å². The molecule has 2 heterocycles. The number of rotatable bonds is 4. The number of ether oxygens (including phenoxy) is 1. The van der Waals surface area contributed by atoms with Crippen molar-refractivity contribution in [3.05, 3.63) is 46.0 Å². The molecule has 0 unspecified atom stereocenters. The highest BCUT2D eigenvalue weighted by Crippen LogP contribution is 2.20. The van der Waals surface area contributed by atoms with Gasteiger partial charge in [0.25, 0.3) is 5.91 Å². The van der Waals surface area contributed by atoms with E-state index in [1.807, 2.05) is 31.4 Å². The van der Waals surface area contributed by atoms with Crippen molar-refractivity contribution in [2.75, 3.05) is 7.11 Å². The van der Waals surface area contributed by atoms with Crippen LogP contribution in [-0.4, -0.2) is 33.3 Å². The summed E-state index contributed by atoms with van der Waals surface area (Å²) in [6.45, 7) is 7.04. The number of carbonyl (C=O) groups excluding carboxylic acids is 2. The topological polar surface area (TPSA) is 78.5 Å². The second kappa shape index (κ2) is 7.25. The molecule has 26 heavy (non-hydrogen) atoms. The number of esters is 1. The second-order valence-electron chi connectivity index (χ2n) is 5.71. The van der Waals surface area contributed by atoms with Crippen LogP contribution in [0.5, 0.6) is 0 Å². The monoisotopic (exact) mass is 372 g/mol. The molecule has 7 nitrogen and oxygen atoms in total. The summed E-state index contributed by atoms with van der Waals surface area (Å²) in [6.07, 6.45) is 0. The summed E-state index contributed by atoms with van der Waals surface area (Å²) in [5.74, 6) is -0.713. The molecule has 0 saturated carbocycles. The van der Waals surface area contributed by atoms with E-state index in [9.17, 15) is 9.59 Å². The summed E-state index contributed by atoms with van der Waals surface area (Å²) in [4.78, 5) is 29.3. The Bertz CT molecular complexity index is 1060. The quantitative estimate of drug-likeness (QED) is 0.660. The van der Waals surface area contributed by atoms with Crippen molar-refractivity contribution >= 4 is 33.4 Å². The third-order valence-electron chi connectivity index (χ3n) is 4.04. The van der Waals surface area contributed by atoms with Crippen molar-refractivity contribution in [3.63, 3.8) is 0 Å². The largest absolute Gasteiger partial charge is 0.465 e. The van der Waals surface area contributed by atoms with Gasteiger partial charge in [0.15, 0.2) is 4.80 Å². The van der Waals surface area contributed by atoms with E-state index in [0.29, 0.717) is 29.1 Å². The van der Waals surface area contributed by atoms with E-state index in [2.05, 4.69) is 10.1 Å². The average Bonchev–Trinajstić information content (AvgIpc) is 3.19. The Labute approximate surface area is 154 Å². The van der Waals surface area contributed by atoms with Crippen LogP contribution < -0.4 is 4.80 Å². The maximum atomic E-state index is 12.7. The third-order valence-corrected chi connectivity index (χ3v) is 5.08. The highest BCUT2D eigenvalue weighted by Gasteiger charge is 2.15. The van der Waals surface area contributed by atoms with E-state index < -0.39 is 0 Å². The first-order chi connectivity index (χ1) is 12.5. The molecule has 0 aliphatic carbocycles. The van der Waals surface area contributed by atoms with Gasteiger partial charge in [-0.3, -0.25) is 9.48 Å². The van der Waals surface area contributed by atoms with Crippen molar-refractivity contribution in [2.45, 2.75) is 33.9 Å². The molecule has 0 fully saturated rings. The number of aromatic nitrogens is 3. The second-order valence-corrected chi connectivity index (χ2v) is 6.72. The van der Waals surface area contributed by atoms with Gasteiger partial charge in [0.2, 0.25) is 0 Å². The Kier molecular flexibility index (Phi) is 5.03. The molecule has 0 radical (unpaired) electrons. The smallest absolute Gasteiger partial charge is 0.337 e. The zero-order chi connectivity index (χ0) is 18.8. The Morgan fingerprint density at radius 1 is 1.23 bits per heavy atom. The molecule has 2 aromatic heterocycles. The minimum atomic E-state index is -0.389. The molecule has 0 aliphatic rings. The predicted octanol–water partition coefficient (Wildman–Crippen LogP) is 2.78. The van der Waals surface area contributed by atoms with E-state index in [1.54, 1.807) is 22.9 Å². The maximum absolute atomic E-state index is 12.7. The minimum absolute atomic E-state index is 0.325. The van der Waals surface area contributed by atoms with Crippen LogP contribution in [0.15, 0.2) is 29.3 Å². The van der Waals surface area contributed by atoms with E-state index in [-0.39, 0.29) is 11.9 Å². The highest BCUT2D eigenvalue weighted by atomic mass is 32.1. The number of methoxy groups -OCH3 is 1. The number of aryl methyl sites for hydroxylation is 3. The van der Waals surface area contributed by atoms with Crippen LogP contribution in [-0.2, 0) is 17.8 Å². The lowest BCUT2D eigenvalue weighted by Gasteiger charge is -2.02. The van der Waals surface area contributed by atoms with Crippen LogP contribution in [0.1, 0.15) is 40.4 Å². The summed E-state index contributed by atoms with van der Waals surface area (Å²) in [5, 5.41) is 4.30. The van der Waals surface area contributed by atoms with Gasteiger partial charge in [-0.2, -0.15) is 10.1 Å². The fourth-order valence-corrected chi connectivity index (χ4v) is 3.94. The zero-order valence-corrected chi connectivity index (χ0v) is 16.0. The highest BCUT2D eigenvalue weighted by molar-refractivity contribution is 7.16. The van der Waals surface area contributed by atoms with Gasteiger partial charge in [0.1, 0.15) is 5.69 Å². The first-order valence-corrected chi connectivity index (χ1v) is 9.15. The molecule has 0 saturated heterocycles. The fraction of sp³-hybridized carbons (Fsp3) is 0.333. The zero-order valence-electron chi connectivity index (χ0n) is 15.1. The Balaban J connectivity index is 2.12. The van der Waals surface area contributed by atoms with Gasteiger partial charge in [0.05, 0.1) is 28.6 Å². The molecular weight excluding hydrogens is 352 g/mol. The summed E-state index contributed by atoms with van der Waals surface area (Å²) in [7, 11) is 1.35. The molecule has 136 valence electrons. The number of hydrogen-bond acceptors (Lipinski definition) is 5. The van der Waals surface area contributed by atoms with Gasteiger partial charge in [-0.25, -0.2) is 4.79 Å². The van der Waals surface area contributed by atoms with E-state index in [4.69, 9.17) is 4.74 Å². The Morgan fingerprint density at radius 3 is 2.65 bits per heavy atom. The summed E-state index contributed by atoms with van der Waals surface area (Å²) >= 11 is 1.37. The lowest BCUT2D eigenvalue weighted by Crippen LogP contribution is -2.17. The van der Waals surface area contributed by atoms with E-state index in [0.717, 1.165) is 15.9 Å². The van der Waals surface area contributed by atoms with Crippen LogP contribution in [0.4, 0.5) is 0 Å². The molecule has 8 heteroatoms. The maximum Gasteiger partial charge on any atom is 0.337 e. The summed E-state index contributed by atoms with van der Waals surface area (Å²) < 4.78 is 9.26. The molecular formula is C18H20N4O3S. The lowest BCUT2D eigenvalue weighted by atomic mass is 10.2. The van der Waals surface area contributed by atoms with Gasteiger partial charge in [0, 0.05) is 13.1 Å². The van der Waals surface area contributed by atoms with Gasteiger partial charge in [-0.1, -0.05) is 11.3 Å². The van der Waals surface area contributed by atoms with Crippen molar-refractivity contribution in [2.24, 2.45) is 4.99 Å². The number of nitrogens with zero attached hydrogens (tertiary/aromatic N) is 4. The van der Waals surface area contributed by atoms with Gasteiger partial charge in [-0.05, 0) is 45.0 Å². The molecule has 0 N–H and O–H groups in total. The van der Waals surface area contributed by atoms with Crippen LogP contribution in [0.25, 0.3) is 10.2 Å². The molecule has 1 amide bonds. The van der Waals surface area contributed by atoms with Crippen LogP contribution in [0.3, 0.4) is 0 Å². The number of benzene rings is 1. The number of amides is 1. The molecule has 0 spiro atoms. The molecule has 0 atom stereocenters. The Hall–Kier alpha value is -2.74. The summed E-state index contributed by atoms with van der Waals surface area (Å²) in [6, 6.07) is 7.08. The lowest BCUT2D eigenvalue weighted by molar-refractivity contribution is 0.0601. The van der Waals surface area contributed by atoms with E-state index in [1.165, 1.54) is 18.4 Å². The molecule has 1 aromatic carbocycles. The minimum Gasteiger partial charge on any atom is -0.465 e. The standard InChI is InChI=1S/C18H20N4O3S/c1-5-21-13-8-7-12(17(24)25-4)10-15(13)26-18(21)19-16(23)14-9-11(3)20-22(14)6-2/h7-10H,5-6H2,1-4H3.